The molecule has 1 N–H and O–H groups in total. The van der Waals surface area contributed by atoms with E-state index >= 15 is 0 Å². The molecule has 1 saturated heterocycles. The smallest absolute Gasteiger partial charge is 0.00502 e. The average Bonchev–Trinajstić information content (AvgIpc) is 2.48. The molecule has 0 aromatic rings. The molecule has 0 bridgehead atoms. The summed E-state index contributed by atoms with van der Waals surface area (Å²) in [4.78, 5) is 2.79. The van der Waals surface area contributed by atoms with Gasteiger partial charge in [-0.2, -0.15) is 0 Å². The Labute approximate surface area is 133 Å². The first-order valence-electron chi connectivity index (χ1n) is 9.44. The molecule has 1 heterocycles. The number of likely N-dealkylation sites (tertiary alicyclic amines) is 1. The van der Waals surface area contributed by atoms with Crippen molar-refractivity contribution >= 4 is 0 Å². The molecule has 1 aliphatic carbocycles. The molecule has 124 valence electrons. The van der Waals surface area contributed by atoms with Crippen LogP contribution in [0, 0.1) is 16.7 Å². The summed E-state index contributed by atoms with van der Waals surface area (Å²) in [5, 5.41) is 3.50. The second kappa shape index (κ2) is 7.46. The van der Waals surface area contributed by atoms with E-state index in [0.717, 1.165) is 5.92 Å². The molecule has 1 aliphatic heterocycles. The molecule has 0 spiro atoms. The standard InChI is InChI=1S/C19H38N2/c1-5-18(6-2)10-12-21(13-11-18)16-19(15-20-4)9-7-8-17(3)14-19/h17,20H,5-16H2,1-4H3. The predicted octanol–water partition coefficient (Wildman–Crippen LogP) is 4.30. The van der Waals surface area contributed by atoms with Crippen molar-refractivity contribution in [3.8, 4) is 0 Å². The van der Waals surface area contributed by atoms with Gasteiger partial charge in [-0.05, 0) is 62.6 Å². The Morgan fingerprint density at radius 1 is 1.05 bits per heavy atom. The Balaban J connectivity index is 1.93. The fraction of sp³-hybridized carbons (Fsp3) is 1.00. The summed E-state index contributed by atoms with van der Waals surface area (Å²) in [6.07, 6.45) is 11.3. The molecule has 1 saturated carbocycles. The Bertz CT molecular complexity index is 297. The molecular formula is C19H38N2. The highest BCUT2D eigenvalue weighted by Gasteiger charge is 2.38. The van der Waals surface area contributed by atoms with E-state index in [9.17, 15) is 0 Å². The summed E-state index contributed by atoms with van der Waals surface area (Å²) in [5.41, 5.74) is 1.21. The van der Waals surface area contributed by atoms with Crippen LogP contribution in [0.1, 0.15) is 72.1 Å². The van der Waals surface area contributed by atoms with Gasteiger partial charge in [-0.25, -0.2) is 0 Å². The third kappa shape index (κ3) is 4.22. The second-order valence-corrected chi connectivity index (χ2v) is 8.22. The number of hydrogen-bond acceptors (Lipinski definition) is 2. The highest BCUT2D eigenvalue weighted by atomic mass is 15.1. The van der Waals surface area contributed by atoms with Crippen LogP contribution in [0.25, 0.3) is 0 Å². The Kier molecular flexibility index (Phi) is 6.14. The van der Waals surface area contributed by atoms with Crippen LogP contribution in [0.15, 0.2) is 0 Å². The zero-order chi connectivity index (χ0) is 15.3. The molecule has 2 aliphatic rings. The first-order valence-corrected chi connectivity index (χ1v) is 9.44. The van der Waals surface area contributed by atoms with Crippen molar-refractivity contribution in [3.63, 3.8) is 0 Å². The molecule has 2 nitrogen and oxygen atoms in total. The first-order chi connectivity index (χ1) is 10.1. The zero-order valence-corrected chi connectivity index (χ0v) is 15.0. The lowest BCUT2D eigenvalue weighted by molar-refractivity contribution is 0.0350. The van der Waals surface area contributed by atoms with Crippen molar-refractivity contribution in [3.05, 3.63) is 0 Å². The Morgan fingerprint density at radius 3 is 2.24 bits per heavy atom. The molecule has 2 atom stereocenters. The Morgan fingerprint density at radius 2 is 1.71 bits per heavy atom. The fourth-order valence-electron chi connectivity index (χ4n) is 5.12. The fourth-order valence-corrected chi connectivity index (χ4v) is 5.12. The van der Waals surface area contributed by atoms with Crippen LogP contribution in [-0.2, 0) is 0 Å². The molecule has 2 unspecified atom stereocenters. The normalized spacial score (nSPS) is 34.0. The van der Waals surface area contributed by atoms with Crippen LogP contribution >= 0.6 is 0 Å². The lowest BCUT2D eigenvalue weighted by atomic mass is 9.68. The van der Waals surface area contributed by atoms with Gasteiger partial charge in [0.25, 0.3) is 0 Å². The molecular weight excluding hydrogens is 256 g/mol. The molecule has 21 heavy (non-hydrogen) atoms. The van der Waals surface area contributed by atoms with Crippen LogP contribution in [0.5, 0.6) is 0 Å². The van der Waals surface area contributed by atoms with Crippen molar-refractivity contribution in [2.45, 2.75) is 72.1 Å². The highest BCUT2D eigenvalue weighted by Crippen LogP contribution is 2.42. The van der Waals surface area contributed by atoms with E-state index in [1.54, 1.807) is 0 Å². The maximum Gasteiger partial charge on any atom is 0.00502 e. The van der Waals surface area contributed by atoms with Crippen molar-refractivity contribution < 1.29 is 0 Å². The lowest BCUT2D eigenvalue weighted by Crippen LogP contribution is -2.49. The number of hydrogen-bond donors (Lipinski definition) is 1. The van der Waals surface area contributed by atoms with Crippen LogP contribution in [0.4, 0.5) is 0 Å². The number of rotatable bonds is 6. The summed E-state index contributed by atoms with van der Waals surface area (Å²) in [7, 11) is 2.14. The van der Waals surface area contributed by atoms with E-state index < -0.39 is 0 Å². The molecule has 0 amide bonds. The van der Waals surface area contributed by atoms with Gasteiger partial charge in [0, 0.05) is 13.1 Å². The van der Waals surface area contributed by atoms with Gasteiger partial charge < -0.3 is 10.2 Å². The predicted molar refractivity (Wildman–Crippen MR) is 92.7 cm³/mol. The minimum Gasteiger partial charge on any atom is -0.319 e. The zero-order valence-electron chi connectivity index (χ0n) is 15.0. The molecule has 0 radical (unpaired) electrons. The van der Waals surface area contributed by atoms with Gasteiger partial charge in [-0.15, -0.1) is 0 Å². The van der Waals surface area contributed by atoms with Gasteiger partial charge in [0.15, 0.2) is 0 Å². The van der Waals surface area contributed by atoms with Crippen LogP contribution in [-0.4, -0.2) is 38.1 Å². The van der Waals surface area contributed by atoms with Gasteiger partial charge in [0.1, 0.15) is 0 Å². The summed E-state index contributed by atoms with van der Waals surface area (Å²) >= 11 is 0. The maximum absolute atomic E-state index is 3.50. The summed E-state index contributed by atoms with van der Waals surface area (Å²) < 4.78 is 0. The van der Waals surface area contributed by atoms with E-state index in [1.807, 2.05) is 0 Å². The van der Waals surface area contributed by atoms with Crippen LogP contribution in [0.2, 0.25) is 0 Å². The average molecular weight is 295 g/mol. The number of piperidine rings is 1. The summed E-state index contributed by atoms with van der Waals surface area (Å²) in [6, 6.07) is 0. The van der Waals surface area contributed by atoms with Crippen LogP contribution < -0.4 is 5.32 Å². The number of nitrogens with one attached hydrogen (secondary N) is 1. The summed E-state index contributed by atoms with van der Waals surface area (Å²) in [5.74, 6) is 0.919. The van der Waals surface area contributed by atoms with E-state index in [0.29, 0.717) is 10.8 Å². The molecule has 0 aromatic carbocycles. The maximum atomic E-state index is 3.50. The third-order valence-electron chi connectivity index (χ3n) is 6.71. The molecule has 2 fully saturated rings. The topological polar surface area (TPSA) is 15.3 Å². The van der Waals surface area contributed by atoms with E-state index in [4.69, 9.17) is 0 Å². The van der Waals surface area contributed by atoms with Crippen molar-refractivity contribution in [2.24, 2.45) is 16.7 Å². The van der Waals surface area contributed by atoms with E-state index in [-0.39, 0.29) is 0 Å². The van der Waals surface area contributed by atoms with Crippen molar-refractivity contribution in [2.75, 3.05) is 33.2 Å². The molecule has 0 aromatic heterocycles. The minimum atomic E-state index is 0.546. The van der Waals surface area contributed by atoms with Gasteiger partial charge in [-0.1, -0.05) is 46.5 Å². The second-order valence-electron chi connectivity index (χ2n) is 8.22. The lowest BCUT2D eigenvalue weighted by Gasteiger charge is -2.47. The minimum absolute atomic E-state index is 0.546. The van der Waals surface area contributed by atoms with Gasteiger partial charge in [0.05, 0.1) is 0 Å². The van der Waals surface area contributed by atoms with E-state index in [1.165, 1.54) is 77.5 Å². The largest absolute Gasteiger partial charge is 0.319 e. The Hall–Kier alpha value is -0.0800. The molecule has 2 rings (SSSR count). The van der Waals surface area contributed by atoms with Crippen molar-refractivity contribution in [1.82, 2.24) is 10.2 Å². The summed E-state index contributed by atoms with van der Waals surface area (Å²) in [6.45, 7) is 12.5. The van der Waals surface area contributed by atoms with Gasteiger partial charge in [0.2, 0.25) is 0 Å². The number of nitrogens with zero attached hydrogens (tertiary/aromatic N) is 1. The third-order valence-corrected chi connectivity index (χ3v) is 6.71. The quantitative estimate of drug-likeness (QED) is 0.785. The van der Waals surface area contributed by atoms with Gasteiger partial charge in [-0.3, -0.25) is 0 Å². The molecule has 2 heteroatoms. The highest BCUT2D eigenvalue weighted by molar-refractivity contribution is 4.92. The van der Waals surface area contributed by atoms with E-state index in [2.05, 4.69) is 38.0 Å². The van der Waals surface area contributed by atoms with Crippen molar-refractivity contribution in [1.29, 1.82) is 0 Å². The monoisotopic (exact) mass is 294 g/mol. The SMILES string of the molecule is CCC1(CC)CCN(CC2(CNC)CCCC(C)C2)CC1. The van der Waals surface area contributed by atoms with Crippen LogP contribution in [0.3, 0.4) is 0 Å². The first kappa shape index (κ1) is 17.3. The van der Waals surface area contributed by atoms with Gasteiger partial charge >= 0.3 is 0 Å².